The molecule has 2 aromatic heterocycles. The molecule has 0 saturated heterocycles. The number of hydrogen-bond donors (Lipinski definition) is 1. The number of fused-ring (bicyclic) bond motifs is 1. The van der Waals surface area contributed by atoms with Crippen molar-refractivity contribution >= 4 is 10.0 Å². The van der Waals surface area contributed by atoms with Gasteiger partial charge >= 0.3 is 0 Å². The van der Waals surface area contributed by atoms with Crippen LogP contribution in [0.2, 0.25) is 0 Å². The van der Waals surface area contributed by atoms with Gasteiger partial charge in [-0.2, -0.15) is 5.10 Å². The molecule has 2 heterocycles. The first-order valence-electron chi connectivity index (χ1n) is 9.40. The third-order valence-corrected chi connectivity index (χ3v) is 6.46. The number of nitrogens with zero attached hydrogens (tertiary/aromatic N) is 3. The predicted octanol–water partition coefficient (Wildman–Crippen LogP) is 3.08. The van der Waals surface area contributed by atoms with E-state index in [0.717, 1.165) is 60.5 Å². The molecule has 29 heavy (non-hydrogen) atoms. The van der Waals surface area contributed by atoms with E-state index in [1.807, 2.05) is 22.9 Å². The Balaban J connectivity index is 1.54. The lowest BCUT2D eigenvalue weighted by atomic mass is 9.95. The van der Waals surface area contributed by atoms with Crippen LogP contribution in [0.1, 0.15) is 24.1 Å². The summed E-state index contributed by atoms with van der Waals surface area (Å²) >= 11 is 0. The number of sulfonamides is 1. The Hall–Kier alpha value is -2.65. The van der Waals surface area contributed by atoms with Gasteiger partial charge in [-0.3, -0.25) is 9.67 Å². The standard InChI is InChI=1S/C20H20F2N4O2S/c21-14-8-9-19(16(22)13-14)29(27,28)24-11-12-26-18-7-2-1-5-15(18)20(25-26)17-6-3-4-10-23-17/h3-4,6,8-10,13,24H,1-2,5,7,11-12H2. The van der Waals surface area contributed by atoms with Gasteiger partial charge in [-0.15, -0.1) is 0 Å². The van der Waals surface area contributed by atoms with E-state index in [0.29, 0.717) is 12.6 Å². The summed E-state index contributed by atoms with van der Waals surface area (Å²) in [6.45, 7) is 0.339. The summed E-state index contributed by atoms with van der Waals surface area (Å²) in [5, 5.41) is 4.68. The molecule has 1 aliphatic carbocycles. The minimum Gasteiger partial charge on any atom is -0.267 e. The Morgan fingerprint density at radius 2 is 1.93 bits per heavy atom. The minimum absolute atomic E-state index is 0.0366. The van der Waals surface area contributed by atoms with Crippen LogP contribution in [0.3, 0.4) is 0 Å². The molecule has 3 aromatic rings. The van der Waals surface area contributed by atoms with Gasteiger partial charge in [0, 0.05) is 30.1 Å². The van der Waals surface area contributed by atoms with E-state index in [9.17, 15) is 17.2 Å². The van der Waals surface area contributed by atoms with Crippen molar-refractivity contribution in [2.24, 2.45) is 0 Å². The highest BCUT2D eigenvalue weighted by Crippen LogP contribution is 2.30. The van der Waals surface area contributed by atoms with Crippen molar-refractivity contribution in [3.63, 3.8) is 0 Å². The van der Waals surface area contributed by atoms with Gasteiger partial charge in [-0.05, 0) is 49.9 Å². The number of nitrogens with one attached hydrogen (secondary N) is 1. The van der Waals surface area contributed by atoms with E-state index in [4.69, 9.17) is 0 Å². The van der Waals surface area contributed by atoms with Crippen LogP contribution in [-0.2, 0) is 29.4 Å². The number of halogens is 2. The number of aromatic nitrogens is 3. The quantitative estimate of drug-likeness (QED) is 0.668. The van der Waals surface area contributed by atoms with Crippen LogP contribution in [-0.4, -0.2) is 29.7 Å². The van der Waals surface area contributed by atoms with Gasteiger partial charge in [0.15, 0.2) is 0 Å². The molecular formula is C20H20F2N4O2S. The van der Waals surface area contributed by atoms with Gasteiger partial charge in [-0.25, -0.2) is 21.9 Å². The largest absolute Gasteiger partial charge is 0.267 e. The highest BCUT2D eigenvalue weighted by molar-refractivity contribution is 7.89. The van der Waals surface area contributed by atoms with Crippen molar-refractivity contribution in [3.05, 3.63) is 65.5 Å². The topological polar surface area (TPSA) is 76.9 Å². The van der Waals surface area contributed by atoms with E-state index in [2.05, 4.69) is 14.8 Å². The molecule has 0 atom stereocenters. The zero-order valence-corrected chi connectivity index (χ0v) is 16.4. The highest BCUT2D eigenvalue weighted by Gasteiger charge is 2.23. The van der Waals surface area contributed by atoms with Crippen LogP contribution in [0.4, 0.5) is 8.78 Å². The van der Waals surface area contributed by atoms with Gasteiger partial charge in [0.05, 0.1) is 12.2 Å². The lowest BCUT2D eigenvalue weighted by molar-refractivity contribution is 0.527. The molecule has 0 aliphatic heterocycles. The van der Waals surface area contributed by atoms with Crippen LogP contribution in [0.25, 0.3) is 11.4 Å². The van der Waals surface area contributed by atoms with E-state index < -0.39 is 26.6 Å². The summed E-state index contributed by atoms with van der Waals surface area (Å²) in [4.78, 5) is 3.81. The maximum absolute atomic E-state index is 13.8. The van der Waals surface area contributed by atoms with Crippen molar-refractivity contribution in [2.45, 2.75) is 37.1 Å². The molecule has 0 amide bonds. The molecular weight excluding hydrogens is 398 g/mol. The van der Waals surface area contributed by atoms with E-state index in [1.165, 1.54) is 0 Å². The third kappa shape index (κ3) is 4.06. The normalized spacial score (nSPS) is 14.0. The Morgan fingerprint density at radius 1 is 1.10 bits per heavy atom. The average molecular weight is 418 g/mol. The predicted molar refractivity (Wildman–Crippen MR) is 104 cm³/mol. The number of rotatable bonds is 6. The zero-order chi connectivity index (χ0) is 20.4. The Morgan fingerprint density at radius 3 is 2.69 bits per heavy atom. The second kappa shape index (κ2) is 8.00. The Labute approximate surface area is 167 Å². The molecule has 0 spiro atoms. The minimum atomic E-state index is -4.09. The smallest absolute Gasteiger partial charge is 0.243 e. The van der Waals surface area contributed by atoms with E-state index in [-0.39, 0.29) is 6.54 Å². The molecule has 1 aromatic carbocycles. The van der Waals surface area contributed by atoms with Crippen LogP contribution in [0, 0.1) is 11.6 Å². The maximum Gasteiger partial charge on any atom is 0.243 e. The summed E-state index contributed by atoms with van der Waals surface area (Å²) in [6.07, 6.45) is 5.62. The van der Waals surface area contributed by atoms with Crippen LogP contribution in [0.15, 0.2) is 47.5 Å². The molecule has 1 N–H and O–H groups in total. The fourth-order valence-electron chi connectivity index (χ4n) is 3.62. The molecule has 6 nitrogen and oxygen atoms in total. The molecule has 0 saturated carbocycles. The van der Waals surface area contributed by atoms with Crippen LogP contribution < -0.4 is 4.72 Å². The van der Waals surface area contributed by atoms with Gasteiger partial charge in [0.2, 0.25) is 10.0 Å². The molecule has 0 unspecified atom stereocenters. The van der Waals surface area contributed by atoms with Crippen molar-refractivity contribution in [1.82, 2.24) is 19.5 Å². The molecule has 0 fully saturated rings. The lowest BCUT2D eigenvalue weighted by Gasteiger charge is -2.14. The Bertz CT molecular complexity index is 1130. The summed E-state index contributed by atoms with van der Waals surface area (Å²) in [7, 11) is -4.09. The van der Waals surface area contributed by atoms with Crippen LogP contribution in [0.5, 0.6) is 0 Å². The highest BCUT2D eigenvalue weighted by atomic mass is 32.2. The SMILES string of the molecule is O=S(=O)(NCCn1nc(-c2ccccn2)c2c1CCCC2)c1ccc(F)cc1F. The first-order chi connectivity index (χ1) is 14.0. The van der Waals surface area contributed by atoms with Gasteiger partial charge in [-0.1, -0.05) is 6.07 Å². The van der Waals surface area contributed by atoms with Gasteiger partial charge in [0.1, 0.15) is 22.2 Å². The van der Waals surface area contributed by atoms with E-state index >= 15 is 0 Å². The maximum atomic E-state index is 13.8. The first-order valence-corrected chi connectivity index (χ1v) is 10.9. The molecule has 0 radical (unpaired) electrons. The zero-order valence-electron chi connectivity index (χ0n) is 15.6. The number of hydrogen-bond acceptors (Lipinski definition) is 4. The van der Waals surface area contributed by atoms with Crippen molar-refractivity contribution < 1.29 is 17.2 Å². The summed E-state index contributed by atoms with van der Waals surface area (Å²) < 4.78 is 55.8. The second-order valence-corrected chi connectivity index (χ2v) is 8.63. The molecule has 9 heteroatoms. The fourth-order valence-corrected chi connectivity index (χ4v) is 4.70. The number of pyridine rings is 1. The van der Waals surface area contributed by atoms with E-state index in [1.54, 1.807) is 6.20 Å². The summed E-state index contributed by atoms with van der Waals surface area (Å²) in [5.74, 6) is -1.95. The molecule has 1 aliphatic rings. The second-order valence-electron chi connectivity index (χ2n) is 6.89. The van der Waals surface area contributed by atoms with Crippen molar-refractivity contribution in [2.75, 3.05) is 6.54 Å². The molecule has 0 bridgehead atoms. The number of benzene rings is 1. The Kier molecular flexibility index (Phi) is 5.42. The third-order valence-electron chi connectivity index (χ3n) is 4.96. The monoisotopic (exact) mass is 418 g/mol. The fraction of sp³-hybridized carbons (Fsp3) is 0.300. The summed E-state index contributed by atoms with van der Waals surface area (Å²) in [6, 6.07) is 8.04. The average Bonchev–Trinajstić information content (AvgIpc) is 3.07. The lowest BCUT2D eigenvalue weighted by Crippen LogP contribution is -2.29. The van der Waals surface area contributed by atoms with Crippen molar-refractivity contribution in [1.29, 1.82) is 0 Å². The molecule has 152 valence electrons. The molecule has 4 rings (SSSR count). The first kappa shape index (κ1) is 19.7. The van der Waals surface area contributed by atoms with Crippen LogP contribution >= 0.6 is 0 Å². The van der Waals surface area contributed by atoms with Gasteiger partial charge in [0.25, 0.3) is 0 Å². The summed E-state index contributed by atoms with van der Waals surface area (Å²) in [5.41, 5.74) is 3.86. The van der Waals surface area contributed by atoms with Gasteiger partial charge < -0.3 is 0 Å². The van der Waals surface area contributed by atoms with Crippen molar-refractivity contribution in [3.8, 4) is 11.4 Å².